The summed E-state index contributed by atoms with van der Waals surface area (Å²) in [4.78, 5) is 35.5. The third-order valence-electron chi connectivity index (χ3n) is 5.93. The number of ether oxygens (including phenoxy) is 1. The Bertz CT molecular complexity index is 1340. The van der Waals surface area contributed by atoms with Gasteiger partial charge in [0.25, 0.3) is 11.5 Å². The molecule has 9 nitrogen and oxygen atoms in total. The average molecular weight is 629 g/mol. The molecule has 1 saturated heterocycles. The summed E-state index contributed by atoms with van der Waals surface area (Å²) in [5.74, 6) is 0.650. The van der Waals surface area contributed by atoms with E-state index in [2.05, 4.69) is 20.6 Å². The Morgan fingerprint density at radius 3 is 2.69 bits per heavy atom. The van der Waals surface area contributed by atoms with Crippen LogP contribution < -0.4 is 25.8 Å². The van der Waals surface area contributed by atoms with Gasteiger partial charge in [-0.05, 0) is 60.7 Å². The summed E-state index contributed by atoms with van der Waals surface area (Å²) in [7, 11) is 1.50. The standard InChI is InChI=1S/C24H27ClFIN6O3/c1-14(2)33-18-5-4-16(10-15(18)11-19(22(33)35)36-13-20(34)28-3)30-21-17(25)12-29-23(31-21)32-8-6-24(26,27)7-9-32/h4-5,10-12,14H,6-9,13H2,1-3H3,(H,28,34)(H,29,30,31). The number of anilines is 3. The Hall–Kier alpha value is -2.67. The van der Waals surface area contributed by atoms with Crippen molar-refractivity contribution >= 4 is 68.5 Å². The Labute approximate surface area is 226 Å². The first kappa shape index (κ1) is 26.4. The van der Waals surface area contributed by atoms with E-state index in [0.717, 1.165) is 10.9 Å². The molecule has 1 aliphatic rings. The molecule has 3 aromatic rings. The molecule has 4 rings (SSSR count). The summed E-state index contributed by atoms with van der Waals surface area (Å²) < 4.78 is 20.1. The van der Waals surface area contributed by atoms with Crippen molar-refractivity contribution < 1.29 is 13.9 Å². The number of alkyl halides is 2. The van der Waals surface area contributed by atoms with Crippen LogP contribution in [0.4, 0.5) is 21.8 Å². The molecule has 12 heteroatoms. The maximum Gasteiger partial charge on any atom is 0.293 e. The number of carbonyl (C=O) groups is 1. The van der Waals surface area contributed by atoms with E-state index < -0.39 is 3.68 Å². The fraction of sp³-hybridized carbons (Fsp3) is 0.417. The van der Waals surface area contributed by atoms with Gasteiger partial charge in [0.2, 0.25) is 5.95 Å². The maximum atomic E-state index is 14.2. The number of fused-ring (bicyclic) bond motifs is 1. The number of amides is 1. The molecule has 0 aliphatic carbocycles. The number of benzene rings is 1. The zero-order valence-electron chi connectivity index (χ0n) is 20.1. The van der Waals surface area contributed by atoms with Crippen LogP contribution in [0.15, 0.2) is 35.3 Å². The first-order valence-electron chi connectivity index (χ1n) is 11.5. The highest BCUT2D eigenvalue weighted by atomic mass is 127. The van der Waals surface area contributed by atoms with Crippen LogP contribution in [0.2, 0.25) is 5.02 Å². The normalized spacial score (nSPS) is 15.2. The number of hydrogen-bond acceptors (Lipinski definition) is 7. The summed E-state index contributed by atoms with van der Waals surface area (Å²) in [5.41, 5.74) is 1.11. The van der Waals surface area contributed by atoms with Crippen LogP contribution >= 0.6 is 34.2 Å². The van der Waals surface area contributed by atoms with E-state index in [9.17, 15) is 14.0 Å². The van der Waals surface area contributed by atoms with Gasteiger partial charge >= 0.3 is 0 Å². The van der Waals surface area contributed by atoms with Crippen molar-refractivity contribution in [3.05, 3.63) is 45.8 Å². The Morgan fingerprint density at radius 2 is 2.03 bits per heavy atom. The van der Waals surface area contributed by atoms with Gasteiger partial charge in [-0.15, -0.1) is 0 Å². The van der Waals surface area contributed by atoms with Gasteiger partial charge in [0.05, 0.1) is 11.7 Å². The molecule has 3 heterocycles. The lowest BCUT2D eigenvalue weighted by molar-refractivity contribution is -0.122. The van der Waals surface area contributed by atoms with E-state index in [0.29, 0.717) is 48.4 Å². The van der Waals surface area contributed by atoms with Gasteiger partial charge < -0.3 is 24.8 Å². The lowest BCUT2D eigenvalue weighted by Crippen LogP contribution is -2.39. The van der Waals surface area contributed by atoms with Crippen LogP contribution in [0.25, 0.3) is 10.9 Å². The van der Waals surface area contributed by atoms with E-state index in [1.165, 1.54) is 13.2 Å². The molecule has 1 amide bonds. The molecule has 1 aliphatic heterocycles. The van der Waals surface area contributed by atoms with Crippen molar-refractivity contribution in [2.75, 3.05) is 37.0 Å². The number of nitrogens with zero attached hydrogens (tertiary/aromatic N) is 4. The van der Waals surface area contributed by atoms with Gasteiger partial charge in [0, 0.05) is 50.1 Å². The minimum atomic E-state index is -1.20. The molecule has 2 aromatic heterocycles. The fourth-order valence-electron chi connectivity index (χ4n) is 4.00. The molecule has 0 unspecified atom stereocenters. The molecular formula is C24H27ClFIN6O3. The minimum absolute atomic E-state index is 0.0867. The SMILES string of the molecule is CNC(=O)COc1cc2cc(Nc3nc(N4CCC(F)(I)CC4)ncc3Cl)ccc2n(C(C)C)c1=O. The number of halogens is 3. The molecule has 192 valence electrons. The second-order valence-corrected chi connectivity index (χ2v) is 11.2. The van der Waals surface area contributed by atoms with Gasteiger partial charge in [-0.3, -0.25) is 9.59 Å². The van der Waals surface area contributed by atoms with E-state index in [1.807, 2.05) is 59.5 Å². The first-order valence-corrected chi connectivity index (χ1v) is 13.0. The second-order valence-electron chi connectivity index (χ2n) is 8.85. The summed E-state index contributed by atoms with van der Waals surface area (Å²) in [6.45, 7) is 4.58. The van der Waals surface area contributed by atoms with Crippen molar-refractivity contribution in [2.24, 2.45) is 0 Å². The predicted molar refractivity (Wildman–Crippen MR) is 148 cm³/mol. The van der Waals surface area contributed by atoms with Crippen molar-refractivity contribution in [1.82, 2.24) is 19.9 Å². The summed E-state index contributed by atoms with van der Waals surface area (Å²) in [6, 6.07) is 7.02. The number of nitrogens with one attached hydrogen (secondary N) is 2. The van der Waals surface area contributed by atoms with Gasteiger partial charge in [-0.2, -0.15) is 4.98 Å². The van der Waals surface area contributed by atoms with Crippen LogP contribution in [0, 0.1) is 0 Å². The monoisotopic (exact) mass is 628 g/mol. The van der Waals surface area contributed by atoms with Gasteiger partial charge in [-0.1, -0.05) is 11.6 Å². The number of carbonyl (C=O) groups excluding carboxylic acids is 1. The van der Waals surface area contributed by atoms with Crippen LogP contribution in [0.3, 0.4) is 0 Å². The van der Waals surface area contributed by atoms with E-state index >= 15 is 0 Å². The molecule has 0 bridgehead atoms. The highest BCUT2D eigenvalue weighted by Gasteiger charge is 2.32. The lowest BCUT2D eigenvalue weighted by Gasteiger charge is -2.33. The van der Waals surface area contributed by atoms with Gasteiger partial charge in [0.1, 0.15) is 5.02 Å². The molecule has 0 atom stereocenters. The van der Waals surface area contributed by atoms with E-state index in [1.54, 1.807) is 10.6 Å². The number of piperidine rings is 1. The Morgan fingerprint density at radius 1 is 1.31 bits per heavy atom. The first-order chi connectivity index (χ1) is 17.1. The molecule has 0 spiro atoms. The van der Waals surface area contributed by atoms with Gasteiger partial charge in [0.15, 0.2) is 21.8 Å². The lowest BCUT2D eigenvalue weighted by atomic mass is 10.1. The van der Waals surface area contributed by atoms with Crippen LogP contribution in [-0.4, -0.2) is 50.9 Å². The molecule has 36 heavy (non-hydrogen) atoms. The maximum absolute atomic E-state index is 14.2. The van der Waals surface area contributed by atoms with Crippen LogP contribution in [0.1, 0.15) is 32.7 Å². The van der Waals surface area contributed by atoms with Gasteiger partial charge in [-0.25, -0.2) is 9.37 Å². The van der Waals surface area contributed by atoms with Crippen molar-refractivity contribution in [3.63, 3.8) is 0 Å². The van der Waals surface area contributed by atoms with Crippen molar-refractivity contribution in [3.8, 4) is 5.75 Å². The van der Waals surface area contributed by atoms with E-state index in [4.69, 9.17) is 16.3 Å². The topological polar surface area (TPSA) is 101 Å². The van der Waals surface area contributed by atoms with Crippen LogP contribution in [-0.2, 0) is 4.79 Å². The molecule has 0 radical (unpaired) electrons. The Kier molecular flexibility index (Phi) is 7.88. The smallest absolute Gasteiger partial charge is 0.293 e. The minimum Gasteiger partial charge on any atom is -0.478 e. The van der Waals surface area contributed by atoms with Crippen molar-refractivity contribution in [2.45, 2.75) is 36.4 Å². The number of pyridine rings is 1. The molecule has 0 saturated carbocycles. The largest absolute Gasteiger partial charge is 0.478 e. The van der Waals surface area contributed by atoms with Crippen LogP contribution in [0.5, 0.6) is 5.75 Å². The zero-order valence-corrected chi connectivity index (χ0v) is 23.1. The Balaban J connectivity index is 1.65. The zero-order chi connectivity index (χ0) is 26.0. The number of rotatable bonds is 7. The highest BCUT2D eigenvalue weighted by molar-refractivity contribution is 14.1. The third kappa shape index (κ3) is 5.83. The van der Waals surface area contributed by atoms with E-state index in [-0.39, 0.29) is 29.9 Å². The number of hydrogen-bond donors (Lipinski definition) is 2. The molecule has 2 N–H and O–H groups in total. The summed E-state index contributed by atoms with van der Waals surface area (Å²) >= 11 is 8.23. The summed E-state index contributed by atoms with van der Waals surface area (Å²) in [5, 5.41) is 6.78. The molecular weight excluding hydrogens is 602 g/mol. The fourth-order valence-corrected chi connectivity index (χ4v) is 4.62. The molecule has 1 fully saturated rings. The molecule has 1 aromatic carbocycles. The average Bonchev–Trinajstić information content (AvgIpc) is 2.83. The number of aromatic nitrogens is 3. The van der Waals surface area contributed by atoms with Crippen molar-refractivity contribution in [1.29, 1.82) is 0 Å². The second kappa shape index (κ2) is 10.8. The third-order valence-corrected chi connectivity index (χ3v) is 7.28. The number of likely N-dealkylation sites (N-methyl/N-ethyl adjacent to an activating group) is 1. The quantitative estimate of drug-likeness (QED) is 0.292. The highest BCUT2D eigenvalue weighted by Crippen LogP contribution is 2.35. The summed E-state index contributed by atoms with van der Waals surface area (Å²) in [6.07, 6.45) is 2.32. The predicted octanol–water partition coefficient (Wildman–Crippen LogP) is 4.60.